The van der Waals surface area contributed by atoms with Crippen LogP contribution in [0.3, 0.4) is 0 Å². The second kappa shape index (κ2) is 3.72. The number of carboxylic acids is 1. The van der Waals surface area contributed by atoms with Crippen molar-refractivity contribution in [3.8, 4) is 0 Å². The fourth-order valence-corrected chi connectivity index (χ4v) is 1.13. The van der Waals surface area contributed by atoms with Gasteiger partial charge >= 0.3 is 5.97 Å². The first-order chi connectivity index (χ1) is 6.00. The van der Waals surface area contributed by atoms with Crippen molar-refractivity contribution in [2.75, 3.05) is 0 Å². The molecule has 1 atom stereocenters. The Hall–Kier alpha value is -1.13. The smallest absolute Gasteiger partial charge is 0.325 e. The highest BCUT2D eigenvalue weighted by molar-refractivity contribution is 6.30. The van der Waals surface area contributed by atoms with Crippen LogP contribution in [-0.4, -0.2) is 11.1 Å². The molecule has 0 radical (unpaired) electrons. The number of hydrogen-bond acceptors (Lipinski definition) is 2. The average molecular weight is 204 g/mol. The van der Waals surface area contributed by atoms with Gasteiger partial charge in [0.05, 0.1) is 0 Å². The highest BCUT2D eigenvalue weighted by Gasteiger charge is 2.15. The Morgan fingerprint density at radius 3 is 2.62 bits per heavy atom. The van der Waals surface area contributed by atoms with Crippen LogP contribution in [0.2, 0.25) is 5.02 Å². The number of carbonyl (C=O) groups is 1. The van der Waals surface area contributed by atoms with E-state index >= 15 is 0 Å². The number of halogens is 2. The summed E-state index contributed by atoms with van der Waals surface area (Å²) in [6.45, 7) is 0. The Kier molecular flexibility index (Phi) is 2.85. The molecule has 5 heteroatoms. The molecule has 0 amide bonds. The van der Waals surface area contributed by atoms with Gasteiger partial charge in [-0.05, 0) is 23.8 Å². The van der Waals surface area contributed by atoms with Crippen molar-refractivity contribution in [3.05, 3.63) is 34.6 Å². The molecule has 1 unspecified atom stereocenters. The molecule has 1 aromatic carbocycles. The van der Waals surface area contributed by atoms with Crippen LogP contribution >= 0.6 is 11.6 Å². The van der Waals surface area contributed by atoms with Crippen LogP contribution in [0.1, 0.15) is 11.6 Å². The summed E-state index contributed by atoms with van der Waals surface area (Å²) in [4.78, 5) is 10.4. The molecule has 0 aliphatic rings. The molecule has 0 saturated carbocycles. The van der Waals surface area contributed by atoms with E-state index in [1.54, 1.807) is 0 Å². The van der Waals surface area contributed by atoms with E-state index in [-0.39, 0.29) is 10.6 Å². The van der Waals surface area contributed by atoms with Crippen molar-refractivity contribution in [2.45, 2.75) is 6.04 Å². The quantitative estimate of drug-likeness (QED) is 0.767. The first kappa shape index (κ1) is 9.95. The van der Waals surface area contributed by atoms with Crippen LogP contribution < -0.4 is 5.73 Å². The summed E-state index contributed by atoms with van der Waals surface area (Å²) in [6, 6.07) is 2.21. The number of carboxylic acid groups (broad SMARTS) is 1. The van der Waals surface area contributed by atoms with E-state index in [2.05, 4.69) is 0 Å². The predicted molar refractivity (Wildman–Crippen MR) is 46.0 cm³/mol. The molecular formula is C8H7ClFNO2. The van der Waals surface area contributed by atoms with Crippen LogP contribution in [0, 0.1) is 5.82 Å². The zero-order valence-electron chi connectivity index (χ0n) is 6.50. The van der Waals surface area contributed by atoms with Crippen LogP contribution in [-0.2, 0) is 4.79 Å². The lowest BCUT2D eigenvalue weighted by molar-refractivity contribution is -0.138. The standard InChI is InChI=1S/C8H7ClFNO2/c9-5-1-4(2-6(10)3-5)7(11)8(12)13/h1-3,7H,11H2,(H,12,13). The summed E-state index contributed by atoms with van der Waals surface area (Å²) in [7, 11) is 0. The second-order valence-corrected chi connectivity index (χ2v) is 2.96. The highest BCUT2D eigenvalue weighted by Crippen LogP contribution is 2.18. The van der Waals surface area contributed by atoms with Gasteiger partial charge in [-0.2, -0.15) is 0 Å². The van der Waals surface area contributed by atoms with E-state index in [0.717, 1.165) is 12.1 Å². The molecule has 3 N–H and O–H groups in total. The third kappa shape index (κ3) is 2.40. The van der Waals surface area contributed by atoms with Gasteiger partial charge in [-0.3, -0.25) is 4.79 Å². The fraction of sp³-hybridized carbons (Fsp3) is 0.125. The zero-order valence-corrected chi connectivity index (χ0v) is 7.25. The minimum atomic E-state index is -1.24. The van der Waals surface area contributed by atoms with Crippen LogP contribution in [0.15, 0.2) is 18.2 Å². The summed E-state index contributed by atoms with van der Waals surface area (Å²) < 4.78 is 12.7. The van der Waals surface area contributed by atoms with Gasteiger partial charge in [0.25, 0.3) is 0 Å². The molecule has 1 aromatic rings. The minimum absolute atomic E-state index is 0.131. The third-order valence-corrected chi connectivity index (χ3v) is 1.73. The lowest BCUT2D eigenvalue weighted by Gasteiger charge is -2.06. The van der Waals surface area contributed by atoms with E-state index in [4.69, 9.17) is 22.4 Å². The number of benzene rings is 1. The van der Waals surface area contributed by atoms with Crippen molar-refractivity contribution < 1.29 is 14.3 Å². The maximum atomic E-state index is 12.7. The van der Waals surface area contributed by atoms with Crippen molar-refractivity contribution in [2.24, 2.45) is 5.73 Å². The molecule has 0 bridgehead atoms. The number of nitrogens with two attached hydrogens (primary N) is 1. The van der Waals surface area contributed by atoms with Crippen LogP contribution in [0.5, 0.6) is 0 Å². The molecule has 0 spiro atoms. The Morgan fingerprint density at radius 1 is 1.54 bits per heavy atom. The average Bonchev–Trinajstić information content (AvgIpc) is 2.01. The molecule has 0 aromatic heterocycles. The Labute approximate surface area is 78.9 Å². The molecule has 0 saturated heterocycles. The summed E-state index contributed by atoms with van der Waals surface area (Å²) >= 11 is 5.51. The molecule has 0 aliphatic carbocycles. The monoisotopic (exact) mass is 203 g/mol. The van der Waals surface area contributed by atoms with Gasteiger partial charge in [0.15, 0.2) is 0 Å². The maximum absolute atomic E-state index is 12.7. The van der Waals surface area contributed by atoms with E-state index in [1.165, 1.54) is 6.07 Å². The SMILES string of the molecule is NC(C(=O)O)c1cc(F)cc(Cl)c1. The van der Waals surface area contributed by atoms with E-state index in [1.807, 2.05) is 0 Å². The normalized spacial score (nSPS) is 12.5. The van der Waals surface area contributed by atoms with Gasteiger partial charge in [-0.1, -0.05) is 11.6 Å². The predicted octanol–water partition coefficient (Wildman–Crippen LogP) is 1.56. The second-order valence-electron chi connectivity index (χ2n) is 2.52. The van der Waals surface area contributed by atoms with Crippen LogP contribution in [0.25, 0.3) is 0 Å². The molecule has 0 heterocycles. The topological polar surface area (TPSA) is 63.3 Å². The molecule has 0 aliphatic heterocycles. The lowest BCUT2D eigenvalue weighted by Crippen LogP contribution is -2.20. The van der Waals surface area contributed by atoms with Gasteiger partial charge < -0.3 is 10.8 Å². The molecule has 70 valence electrons. The van der Waals surface area contributed by atoms with Crippen LogP contribution in [0.4, 0.5) is 4.39 Å². The van der Waals surface area contributed by atoms with Gasteiger partial charge in [-0.25, -0.2) is 4.39 Å². The Bertz CT molecular complexity index is 323. The zero-order chi connectivity index (χ0) is 10.0. The van der Waals surface area contributed by atoms with E-state index in [0.29, 0.717) is 0 Å². The Morgan fingerprint density at radius 2 is 2.15 bits per heavy atom. The summed E-state index contributed by atoms with van der Waals surface area (Å²) in [5.74, 6) is -1.82. The number of rotatable bonds is 2. The third-order valence-electron chi connectivity index (χ3n) is 1.51. The fourth-order valence-electron chi connectivity index (χ4n) is 0.897. The first-order valence-electron chi connectivity index (χ1n) is 3.45. The summed E-state index contributed by atoms with van der Waals surface area (Å²) in [5.41, 5.74) is 5.40. The lowest BCUT2D eigenvalue weighted by atomic mass is 10.1. The maximum Gasteiger partial charge on any atom is 0.325 e. The molecular weight excluding hydrogens is 197 g/mol. The van der Waals surface area contributed by atoms with E-state index in [9.17, 15) is 9.18 Å². The number of aliphatic carboxylic acids is 1. The Balaban J connectivity index is 3.07. The number of hydrogen-bond donors (Lipinski definition) is 2. The van der Waals surface area contributed by atoms with Gasteiger partial charge in [0.1, 0.15) is 11.9 Å². The van der Waals surface area contributed by atoms with Gasteiger partial charge in [-0.15, -0.1) is 0 Å². The molecule has 13 heavy (non-hydrogen) atoms. The molecule has 0 fully saturated rings. The minimum Gasteiger partial charge on any atom is -0.480 e. The first-order valence-corrected chi connectivity index (χ1v) is 3.83. The van der Waals surface area contributed by atoms with Gasteiger partial charge in [0, 0.05) is 5.02 Å². The summed E-state index contributed by atoms with van der Waals surface area (Å²) in [5, 5.41) is 8.66. The highest BCUT2D eigenvalue weighted by atomic mass is 35.5. The van der Waals surface area contributed by atoms with Gasteiger partial charge in [0.2, 0.25) is 0 Å². The van der Waals surface area contributed by atoms with Crippen molar-refractivity contribution >= 4 is 17.6 Å². The van der Waals surface area contributed by atoms with E-state index < -0.39 is 17.8 Å². The molecule has 3 nitrogen and oxygen atoms in total. The largest absolute Gasteiger partial charge is 0.480 e. The molecule has 1 rings (SSSR count). The van der Waals surface area contributed by atoms with Crippen molar-refractivity contribution in [1.82, 2.24) is 0 Å². The van der Waals surface area contributed by atoms with Crippen molar-refractivity contribution in [1.29, 1.82) is 0 Å². The summed E-state index contributed by atoms with van der Waals surface area (Å²) in [6.07, 6.45) is 0. The van der Waals surface area contributed by atoms with Crippen molar-refractivity contribution in [3.63, 3.8) is 0 Å².